The summed E-state index contributed by atoms with van der Waals surface area (Å²) in [6, 6.07) is 16.0. The third-order valence-corrected chi connectivity index (χ3v) is 7.53. The van der Waals surface area contributed by atoms with Crippen molar-refractivity contribution in [3.8, 4) is 5.75 Å². The summed E-state index contributed by atoms with van der Waals surface area (Å²) in [7, 11) is 0. The summed E-state index contributed by atoms with van der Waals surface area (Å²) in [6.45, 7) is 2.16. The van der Waals surface area contributed by atoms with Crippen molar-refractivity contribution in [1.29, 1.82) is 0 Å². The summed E-state index contributed by atoms with van der Waals surface area (Å²) >= 11 is 0. The number of fused-ring (bicyclic) bond motifs is 2. The number of likely N-dealkylation sites (tertiary alicyclic amines) is 1. The lowest BCUT2D eigenvalue weighted by Crippen LogP contribution is -2.50. The first kappa shape index (κ1) is 22.5. The average Bonchev–Trinajstić information content (AvgIpc) is 3.36. The minimum atomic E-state index is -0.407. The van der Waals surface area contributed by atoms with Crippen molar-refractivity contribution >= 4 is 22.7 Å². The van der Waals surface area contributed by atoms with Crippen molar-refractivity contribution in [3.63, 3.8) is 0 Å². The second-order valence-electron chi connectivity index (χ2n) is 9.59. The van der Waals surface area contributed by atoms with Crippen LogP contribution in [0.1, 0.15) is 54.4 Å². The minimum Gasteiger partial charge on any atom is -0.491 e. The fourth-order valence-electron chi connectivity index (χ4n) is 5.48. The van der Waals surface area contributed by atoms with Gasteiger partial charge < -0.3 is 19.9 Å². The van der Waals surface area contributed by atoms with Crippen LogP contribution in [0, 0.1) is 5.41 Å². The summed E-state index contributed by atoms with van der Waals surface area (Å²) < 4.78 is 5.98. The molecule has 1 spiro atoms. The van der Waals surface area contributed by atoms with Crippen molar-refractivity contribution in [2.24, 2.45) is 5.41 Å². The van der Waals surface area contributed by atoms with E-state index in [4.69, 9.17) is 4.74 Å². The van der Waals surface area contributed by atoms with Gasteiger partial charge in [-0.25, -0.2) is 0 Å². The van der Waals surface area contributed by atoms with Crippen LogP contribution in [0.5, 0.6) is 5.75 Å². The number of amides is 2. The van der Waals surface area contributed by atoms with Crippen LogP contribution in [0.15, 0.2) is 54.7 Å². The van der Waals surface area contributed by atoms with E-state index in [0.29, 0.717) is 44.6 Å². The number of aromatic amines is 1. The molecule has 178 valence electrons. The predicted molar refractivity (Wildman–Crippen MR) is 133 cm³/mol. The van der Waals surface area contributed by atoms with Crippen LogP contribution in [0.3, 0.4) is 0 Å². The summed E-state index contributed by atoms with van der Waals surface area (Å²) in [6.07, 6.45) is 8.33. The molecule has 1 saturated heterocycles. The molecule has 5 rings (SSSR count). The summed E-state index contributed by atoms with van der Waals surface area (Å²) in [4.78, 5) is 31.8. The van der Waals surface area contributed by atoms with E-state index in [-0.39, 0.29) is 11.8 Å². The SMILES string of the molecule is O=C(c1cccc2cc[nH]c12)N1CCC2(CCCCCc3ccccc3OCCNC2=O)CC1. The van der Waals surface area contributed by atoms with Crippen LogP contribution in [0.25, 0.3) is 10.9 Å². The highest BCUT2D eigenvalue weighted by atomic mass is 16.5. The lowest BCUT2D eigenvalue weighted by molar-refractivity contribution is -0.134. The van der Waals surface area contributed by atoms with E-state index in [0.717, 1.165) is 48.8 Å². The first-order valence-corrected chi connectivity index (χ1v) is 12.5. The Morgan fingerprint density at radius 2 is 1.79 bits per heavy atom. The van der Waals surface area contributed by atoms with Gasteiger partial charge in [-0.2, -0.15) is 0 Å². The van der Waals surface area contributed by atoms with E-state index in [1.54, 1.807) is 0 Å². The van der Waals surface area contributed by atoms with Gasteiger partial charge in [0.25, 0.3) is 5.91 Å². The fourth-order valence-corrected chi connectivity index (χ4v) is 5.48. The third kappa shape index (κ3) is 4.54. The number of benzene rings is 2. The Morgan fingerprint density at radius 1 is 0.941 bits per heavy atom. The third-order valence-electron chi connectivity index (χ3n) is 7.53. The highest BCUT2D eigenvalue weighted by molar-refractivity contribution is 6.05. The van der Waals surface area contributed by atoms with Gasteiger partial charge in [-0.05, 0) is 55.9 Å². The number of rotatable bonds is 1. The van der Waals surface area contributed by atoms with Crippen LogP contribution in [0.2, 0.25) is 0 Å². The van der Waals surface area contributed by atoms with E-state index in [1.165, 1.54) is 5.56 Å². The van der Waals surface area contributed by atoms with Crippen molar-refractivity contribution in [2.75, 3.05) is 26.2 Å². The smallest absolute Gasteiger partial charge is 0.255 e. The molecule has 2 aliphatic rings. The van der Waals surface area contributed by atoms with Crippen molar-refractivity contribution in [1.82, 2.24) is 15.2 Å². The molecule has 6 nitrogen and oxygen atoms in total. The first-order chi connectivity index (χ1) is 16.7. The zero-order chi connectivity index (χ0) is 23.4. The van der Waals surface area contributed by atoms with Crippen LogP contribution in [-0.2, 0) is 11.2 Å². The number of nitrogens with one attached hydrogen (secondary N) is 2. The quantitative estimate of drug-likeness (QED) is 0.554. The zero-order valence-electron chi connectivity index (χ0n) is 19.6. The number of carbonyl (C=O) groups excluding carboxylic acids is 2. The molecule has 34 heavy (non-hydrogen) atoms. The van der Waals surface area contributed by atoms with Gasteiger partial charge in [-0.15, -0.1) is 0 Å². The molecule has 6 heteroatoms. The van der Waals surface area contributed by atoms with Gasteiger partial charge in [0, 0.05) is 24.7 Å². The van der Waals surface area contributed by atoms with Crippen molar-refractivity contribution < 1.29 is 14.3 Å². The number of aromatic nitrogens is 1. The molecule has 2 amide bonds. The van der Waals surface area contributed by atoms with Gasteiger partial charge in [-0.1, -0.05) is 43.2 Å². The van der Waals surface area contributed by atoms with Crippen LogP contribution in [-0.4, -0.2) is 47.9 Å². The summed E-state index contributed by atoms with van der Waals surface area (Å²) in [5.74, 6) is 1.08. The first-order valence-electron chi connectivity index (χ1n) is 12.5. The molecule has 0 saturated carbocycles. The number of carbonyl (C=O) groups is 2. The highest BCUT2D eigenvalue weighted by Crippen LogP contribution is 2.38. The lowest BCUT2D eigenvalue weighted by atomic mass is 9.73. The Kier molecular flexibility index (Phi) is 6.57. The van der Waals surface area contributed by atoms with Gasteiger partial charge in [-0.3, -0.25) is 9.59 Å². The molecule has 3 aromatic rings. The molecule has 0 aliphatic carbocycles. The van der Waals surface area contributed by atoms with E-state index < -0.39 is 5.41 Å². The molecule has 3 heterocycles. The molecule has 1 fully saturated rings. The Labute approximate surface area is 200 Å². The number of aryl methyl sites for hydroxylation is 1. The molecule has 2 aromatic carbocycles. The largest absolute Gasteiger partial charge is 0.491 e. The Balaban J connectivity index is 1.26. The van der Waals surface area contributed by atoms with E-state index in [1.807, 2.05) is 47.5 Å². The van der Waals surface area contributed by atoms with Crippen LogP contribution < -0.4 is 10.1 Å². The van der Waals surface area contributed by atoms with E-state index in [9.17, 15) is 9.59 Å². The van der Waals surface area contributed by atoms with Gasteiger partial charge in [0.1, 0.15) is 12.4 Å². The molecule has 0 bridgehead atoms. The Bertz CT molecular complexity index is 1160. The second-order valence-corrected chi connectivity index (χ2v) is 9.59. The maximum atomic E-state index is 13.4. The second kappa shape index (κ2) is 9.92. The molecule has 2 N–H and O–H groups in total. The topological polar surface area (TPSA) is 74.4 Å². The number of hydrogen-bond acceptors (Lipinski definition) is 3. The number of H-pyrrole nitrogens is 1. The summed E-state index contributed by atoms with van der Waals surface area (Å²) in [5, 5.41) is 4.18. The molecular weight excluding hydrogens is 426 g/mol. The molecule has 1 aromatic heterocycles. The fraction of sp³-hybridized carbons (Fsp3) is 0.429. The molecule has 0 atom stereocenters. The Hall–Kier alpha value is -3.28. The zero-order valence-corrected chi connectivity index (χ0v) is 19.6. The monoisotopic (exact) mass is 459 g/mol. The van der Waals surface area contributed by atoms with Crippen LogP contribution in [0.4, 0.5) is 0 Å². The Morgan fingerprint density at radius 3 is 2.68 bits per heavy atom. The molecule has 0 radical (unpaired) electrons. The standard InChI is InChI=1S/C28H33N3O3/c32-26(23-10-6-9-22-12-16-29-25(22)23)31-18-14-28(15-19-31)13-5-1-2-7-21-8-3-4-11-24(21)34-20-17-30-27(28)33/h3-4,6,8-12,16,29H,1-2,5,7,13-15,17-20H2,(H,30,33). The number of ether oxygens (including phenoxy) is 1. The predicted octanol–water partition coefficient (Wildman–Crippen LogP) is 4.70. The van der Waals surface area contributed by atoms with E-state index in [2.05, 4.69) is 22.4 Å². The lowest BCUT2D eigenvalue weighted by Gasteiger charge is -2.41. The van der Waals surface area contributed by atoms with Gasteiger partial charge >= 0.3 is 0 Å². The summed E-state index contributed by atoms with van der Waals surface area (Å²) in [5.41, 5.74) is 2.42. The van der Waals surface area contributed by atoms with Crippen LogP contribution >= 0.6 is 0 Å². The number of nitrogens with zero attached hydrogens (tertiary/aromatic N) is 1. The van der Waals surface area contributed by atoms with Gasteiger partial charge in [0.2, 0.25) is 5.91 Å². The van der Waals surface area contributed by atoms with Gasteiger partial charge in [0.05, 0.1) is 23.0 Å². The number of piperidine rings is 1. The molecule has 2 aliphatic heterocycles. The van der Waals surface area contributed by atoms with Crippen molar-refractivity contribution in [2.45, 2.75) is 44.9 Å². The van der Waals surface area contributed by atoms with E-state index >= 15 is 0 Å². The molecule has 0 unspecified atom stereocenters. The minimum absolute atomic E-state index is 0.0408. The molecular formula is C28H33N3O3. The maximum Gasteiger partial charge on any atom is 0.255 e. The number of hydrogen-bond donors (Lipinski definition) is 2. The highest BCUT2D eigenvalue weighted by Gasteiger charge is 2.41. The number of para-hydroxylation sites is 2. The maximum absolute atomic E-state index is 13.4. The normalized spacial score (nSPS) is 19.3. The van der Waals surface area contributed by atoms with Crippen molar-refractivity contribution in [3.05, 3.63) is 65.9 Å². The average molecular weight is 460 g/mol. The van der Waals surface area contributed by atoms with Gasteiger partial charge in [0.15, 0.2) is 0 Å².